The van der Waals surface area contributed by atoms with E-state index in [1.807, 2.05) is 0 Å². The van der Waals surface area contributed by atoms with Crippen molar-refractivity contribution in [1.29, 1.82) is 0 Å². The van der Waals surface area contributed by atoms with Crippen LogP contribution in [0, 0.1) is 0 Å². The summed E-state index contributed by atoms with van der Waals surface area (Å²) < 4.78 is 22.1. The Balaban J connectivity index is 3.07. The number of hydrogen-bond acceptors (Lipinski definition) is 4. The van der Waals surface area contributed by atoms with Gasteiger partial charge in [-0.25, -0.2) is 14.0 Å². The van der Waals surface area contributed by atoms with Gasteiger partial charge in [-0.2, -0.15) is 0 Å². The van der Waals surface area contributed by atoms with Gasteiger partial charge in [0.25, 0.3) is 0 Å². The normalized spacial score (nSPS) is 8.17. The molecule has 0 aliphatic rings. The van der Waals surface area contributed by atoms with Crippen LogP contribution in [0.5, 0.6) is 0 Å². The van der Waals surface area contributed by atoms with Crippen LogP contribution in [0.3, 0.4) is 0 Å². The van der Waals surface area contributed by atoms with Gasteiger partial charge in [0.2, 0.25) is 0 Å². The molecule has 0 N–H and O–H groups in total. The van der Waals surface area contributed by atoms with E-state index in [4.69, 9.17) is 0 Å². The van der Waals surface area contributed by atoms with Crippen molar-refractivity contribution in [2.24, 2.45) is 0 Å². The molecule has 4 nitrogen and oxygen atoms in total. The summed E-state index contributed by atoms with van der Waals surface area (Å²) in [5, 5.41) is 0. The van der Waals surface area contributed by atoms with Gasteiger partial charge in [0.15, 0.2) is 0 Å². The zero-order valence-electron chi connectivity index (χ0n) is 3.08. The molecular formula is CH3O4P. The zero-order chi connectivity index (χ0) is 4.99. The SMILES string of the molecule is COOP(=O)=O. The van der Waals surface area contributed by atoms with Gasteiger partial charge in [-0.05, 0) is 0 Å². The monoisotopic (exact) mass is 110 g/mol. The average molecular weight is 110 g/mol. The van der Waals surface area contributed by atoms with Crippen LogP contribution in [-0.4, -0.2) is 7.11 Å². The summed E-state index contributed by atoms with van der Waals surface area (Å²) >= 11 is 0. The first kappa shape index (κ1) is 5.82. The molecule has 0 bridgehead atoms. The van der Waals surface area contributed by atoms with Crippen LogP contribution < -0.4 is 0 Å². The molecule has 0 saturated heterocycles. The average Bonchev–Trinajstić information content (AvgIpc) is 1.35. The Bertz CT molecular complexity index is 75.5. The summed E-state index contributed by atoms with van der Waals surface area (Å²) in [6.07, 6.45) is 0. The molecule has 0 rings (SSSR count). The lowest BCUT2D eigenvalue weighted by atomic mass is 11.8. The van der Waals surface area contributed by atoms with Crippen LogP contribution in [0.15, 0.2) is 0 Å². The lowest BCUT2D eigenvalue weighted by molar-refractivity contribution is -0.173. The van der Waals surface area contributed by atoms with Crippen LogP contribution in [0.2, 0.25) is 0 Å². The quantitative estimate of drug-likeness (QED) is 0.297. The van der Waals surface area contributed by atoms with Crippen molar-refractivity contribution in [1.82, 2.24) is 0 Å². The van der Waals surface area contributed by atoms with Crippen LogP contribution in [0.4, 0.5) is 0 Å². The molecule has 0 spiro atoms. The van der Waals surface area contributed by atoms with Gasteiger partial charge in [-0.1, -0.05) is 0 Å². The smallest absolute Gasteiger partial charge is 0.226 e. The van der Waals surface area contributed by atoms with E-state index in [0.717, 1.165) is 7.11 Å². The highest BCUT2D eigenvalue weighted by Gasteiger charge is 1.81. The van der Waals surface area contributed by atoms with Crippen molar-refractivity contribution in [3.05, 3.63) is 0 Å². The molecule has 0 unspecified atom stereocenters. The molecule has 0 aliphatic heterocycles. The van der Waals surface area contributed by atoms with Crippen LogP contribution in [0.1, 0.15) is 0 Å². The van der Waals surface area contributed by atoms with Crippen molar-refractivity contribution >= 4 is 7.91 Å². The fourth-order valence-corrected chi connectivity index (χ4v) is 0.183. The molecule has 36 valence electrons. The van der Waals surface area contributed by atoms with E-state index >= 15 is 0 Å². The van der Waals surface area contributed by atoms with Crippen LogP contribution >= 0.6 is 7.91 Å². The lowest BCUT2D eigenvalue weighted by Gasteiger charge is -1.75. The Morgan fingerprint density at radius 2 is 2.00 bits per heavy atom. The second kappa shape index (κ2) is 3.03. The summed E-state index contributed by atoms with van der Waals surface area (Å²) in [6.45, 7) is 0. The first-order valence-corrected chi connectivity index (χ1v) is 2.22. The molecule has 6 heavy (non-hydrogen) atoms. The minimum atomic E-state index is -2.82. The summed E-state index contributed by atoms with van der Waals surface area (Å²) in [4.78, 5) is 3.71. The summed E-state index contributed by atoms with van der Waals surface area (Å²) in [6, 6.07) is 0. The second-order valence-electron chi connectivity index (χ2n) is 0.465. The van der Waals surface area contributed by atoms with Gasteiger partial charge >= 0.3 is 7.91 Å². The molecule has 0 aromatic heterocycles. The zero-order valence-corrected chi connectivity index (χ0v) is 3.97. The highest BCUT2D eigenvalue weighted by molar-refractivity contribution is 7.24. The van der Waals surface area contributed by atoms with E-state index < -0.39 is 7.91 Å². The predicted octanol–water partition coefficient (Wildman–Crippen LogP) is 0.652. The van der Waals surface area contributed by atoms with Crippen molar-refractivity contribution < 1.29 is 18.7 Å². The Hall–Kier alpha value is -0.180. The van der Waals surface area contributed by atoms with Crippen molar-refractivity contribution in [3.8, 4) is 0 Å². The fraction of sp³-hybridized carbons (Fsp3) is 1.00. The minimum Gasteiger partial charge on any atom is -0.226 e. The fourth-order valence-electron chi connectivity index (χ4n) is 0.0609. The van der Waals surface area contributed by atoms with Gasteiger partial charge in [0, 0.05) is 0 Å². The van der Waals surface area contributed by atoms with E-state index in [0.29, 0.717) is 0 Å². The van der Waals surface area contributed by atoms with E-state index in [9.17, 15) is 9.13 Å². The Morgan fingerprint density at radius 3 is 2.00 bits per heavy atom. The summed E-state index contributed by atoms with van der Waals surface area (Å²) in [7, 11) is -1.71. The maximum atomic E-state index is 9.29. The Kier molecular flexibility index (Phi) is 2.94. The first-order chi connectivity index (χ1) is 2.77. The van der Waals surface area contributed by atoms with Crippen LogP contribution in [0.25, 0.3) is 0 Å². The molecule has 5 heteroatoms. The van der Waals surface area contributed by atoms with E-state index in [1.165, 1.54) is 0 Å². The van der Waals surface area contributed by atoms with E-state index in [1.54, 1.807) is 0 Å². The number of hydrogen-bond donors (Lipinski definition) is 0. The van der Waals surface area contributed by atoms with Gasteiger partial charge < -0.3 is 0 Å². The molecule has 0 amide bonds. The van der Waals surface area contributed by atoms with Gasteiger partial charge in [-0.3, -0.25) is 0 Å². The highest BCUT2D eigenvalue weighted by Crippen LogP contribution is 2.01. The molecule has 0 aliphatic carbocycles. The van der Waals surface area contributed by atoms with E-state index in [-0.39, 0.29) is 0 Å². The molecule has 0 aromatic carbocycles. The topological polar surface area (TPSA) is 52.6 Å². The van der Waals surface area contributed by atoms with Crippen molar-refractivity contribution in [3.63, 3.8) is 0 Å². The molecular weight excluding hydrogens is 107 g/mol. The second-order valence-corrected chi connectivity index (χ2v) is 1.06. The maximum absolute atomic E-state index is 9.29. The van der Waals surface area contributed by atoms with Crippen LogP contribution in [-0.2, 0) is 18.7 Å². The summed E-state index contributed by atoms with van der Waals surface area (Å²) in [5.41, 5.74) is 0. The molecule has 0 aromatic rings. The predicted molar refractivity (Wildman–Crippen MR) is 16.4 cm³/mol. The van der Waals surface area contributed by atoms with Crippen molar-refractivity contribution in [2.75, 3.05) is 7.11 Å². The van der Waals surface area contributed by atoms with Crippen molar-refractivity contribution in [2.45, 2.75) is 0 Å². The minimum absolute atomic E-state index is 1.12. The largest absolute Gasteiger partial charge is 0.496 e. The summed E-state index contributed by atoms with van der Waals surface area (Å²) in [5.74, 6) is 0. The number of rotatable bonds is 2. The van der Waals surface area contributed by atoms with Gasteiger partial charge in [-0.15, -0.1) is 4.67 Å². The third-order valence-corrected chi connectivity index (χ3v) is 0.406. The molecule has 0 atom stereocenters. The molecule has 0 fully saturated rings. The highest BCUT2D eigenvalue weighted by atomic mass is 31.1. The van der Waals surface area contributed by atoms with E-state index in [2.05, 4.69) is 9.56 Å². The third-order valence-electron chi connectivity index (χ3n) is 0.135. The molecule has 0 heterocycles. The van der Waals surface area contributed by atoms with Gasteiger partial charge in [0.05, 0.1) is 7.11 Å². The lowest BCUT2D eigenvalue weighted by Crippen LogP contribution is -1.67. The molecule has 0 saturated carbocycles. The maximum Gasteiger partial charge on any atom is 0.496 e. The molecule has 0 radical (unpaired) electrons. The third kappa shape index (κ3) is 3.82. The van der Waals surface area contributed by atoms with Gasteiger partial charge in [0.1, 0.15) is 0 Å². The first-order valence-electron chi connectivity index (χ1n) is 1.12. The standard InChI is InChI=1S/CH3O4P/c1-4-5-6(2)3/h1H3. The Labute approximate surface area is 34.9 Å². The Morgan fingerprint density at radius 1 is 1.50 bits per heavy atom.